The molecule has 2 N–H and O–H groups in total. The van der Waals surface area contributed by atoms with Crippen molar-refractivity contribution in [1.82, 2.24) is 0 Å². The monoisotopic (exact) mass is 949 g/mol. The van der Waals surface area contributed by atoms with E-state index in [1.807, 2.05) is 12.1 Å². The molecule has 0 saturated carbocycles. The van der Waals surface area contributed by atoms with Gasteiger partial charge in [0.2, 0.25) is 0 Å². The van der Waals surface area contributed by atoms with E-state index in [0.29, 0.717) is 51.1 Å². The molecule has 0 aliphatic heterocycles. The van der Waals surface area contributed by atoms with Gasteiger partial charge in [0.05, 0.1) is 37.6 Å². The van der Waals surface area contributed by atoms with Gasteiger partial charge >= 0.3 is 48.9 Å². The van der Waals surface area contributed by atoms with Crippen molar-refractivity contribution in [2.75, 3.05) is 0 Å². The van der Waals surface area contributed by atoms with E-state index in [2.05, 4.69) is 62.4 Å². The van der Waals surface area contributed by atoms with E-state index in [1.54, 1.807) is 0 Å². The number of benzene rings is 2. The summed E-state index contributed by atoms with van der Waals surface area (Å²) in [5.74, 6) is -2.06. The molecule has 8 nitrogen and oxygen atoms in total. The van der Waals surface area contributed by atoms with Crippen molar-refractivity contribution >= 4 is 60.8 Å². The minimum absolute atomic E-state index is 0. The number of ether oxygens (including phenoxy) is 2. The molecule has 0 radical (unpaired) electrons. The van der Waals surface area contributed by atoms with Crippen molar-refractivity contribution in [3.63, 3.8) is 0 Å². The Morgan fingerprint density at radius 3 is 1.07 bits per heavy atom. The van der Waals surface area contributed by atoms with E-state index in [-0.39, 0.29) is 73.9 Å². The third-order valence-electron chi connectivity index (χ3n) is 10.9. The van der Waals surface area contributed by atoms with E-state index in [9.17, 15) is 30.0 Å². The second kappa shape index (κ2) is 42.1. The average molecular weight is 949 g/mol. The van der Waals surface area contributed by atoms with Crippen LogP contribution in [0.2, 0.25) is 0 Å². The van der Waals surface area contributed by atoms with E-state index in [0.717, 1.165) is 64.2 Å². The Morgan fingerprint density at radius 1 is 0.458 bits per heavy atom. The Balaban J connectivity index is 0.00000112. The maximum Gasteiger partial charge on any atom is 2.00 e. The first kappa shape index (κ1) is 57.8. The minimum atomic E-state index is -1.03. The van der Waals surface area contributed by atoms with Crippen LogP contribution in [-0.2, 0) is 32.3 Å². The minimum Gasteiger partial charge on any atom is -0.550 e. The van der Waals surface area contributed by atoms with Crippen LogP contribution in [0, 0.1) is 0 Å². The molecule has 0 aromatic heterocycles. The number of aliphatic hydroxyl groups is 2. The Hall–Kier alpha value is -1.21. The number of aliphatic carboxylic acids is 2. The van der Waals surface area contributed by atoms with Gasteiger partial charge in [-0.1, -0.05) is 177 Å². The van der Waals surface area contributed by atoms with Crippen molar-refractivity contribution in [1.29, 1.82) is 0 Å². The summed E-state index contributed by atoms with van der Waals surface area (Å²) in [6.07, 6.45) is 27.3. The first-order valence-electron chi connectivity index (χ1n) is 23.3. The average Bonchev–Trinajstić information content (AvgIpc) is 3.21. The molecule has 2 aromatic carbocycles. The number of unbranched alkanes of at least 4 members (excludes halogenated alkanes) is 12. The van der Waals surface area contributed by atoms with Gasteiger partial charge < -0.3 is 39.5 Å². The smallest absolute Gasteiger partial charge is 0.550 e. The molecule has 0 heterocycles. The van der Waals surface area contributed by atoms with Gasteiger partial charge in [-0.3, -0.25) is 0 Å². The molecule has 0 amide bonds. The zero-order valence-electron chi connectivity index (χ0n) is 37.3. The maximum atomic E-state index is 10.4. The number of carboxylic acid groups (broad SMARTS) is 2. The molecular formula is C50H82BaO8. The summed E-state index contributed by atoms with van der Waals surface area (Å²) in [5, 5.41) is 40.5. The number of rotatable bonds is 38. The molecule has 0 saturated heterocycles. The largest absolute Gasteiger partial charge is 2.00 e. The summed E-state index contributed by atoms with van der Waals surface area (Å²) in [6, 6.07) is 20.8. The molecule has 2 aromatic rings. The molecule has 2 rings (SSSR count). The summed E-state index contributed by atoms with van der Waals surface area (Å²) in [7, 11) is 0. The van der Waals surface area contributed by atoms with Gasteiger partial charge in [0.25, 0.3) is 0 Å². The number of carboxylic acids is 2. The summed E-state index contributed by atoms with van der Waals surface area (Å²) in [6.45, 7) is 5.88. The maximum absolute atomic E-state index is 10.4. The molecule has 4 unspecified atom stereocenters. The zero-order chi connectivity index (χ0) is 42.3. The van der Waals surface area contributed by atoms with Crippen LogP contribution in [0.4, 0.5) is 0 Å². The van der Waals surface area contributed by atoms with Crippen LogP contribution in [0.15, 0.2) is 60.7 Å². The second-order valence-corrected chi connectivity index (χ2v) is 16.4. The zero-order valence-corrected chi connectivity index (χ0v) is 41.8. The fraction of sp³-hybridized carbons (Fsp3) is 0.720. The number of hydrogen-bond donors (Lipinski definition) is 2. The molecule has 59 heavy (non-hydrogen) atoms. The molecule has 0 aliphatic carbocycles. The third-order valence-corrected chi connectivity index (χ3v) is 10.9. The van der Waals surface area contributed by atoms with E-state index in [1.165, 1.54) is 88.2 Å². The van der Waals surface area contributed by atoms with Gasteiger partial charge in [-0.2, -0.15) is 0 Å². The topological polar surface area (TPSA) is 139 Å². The van der Waals surface area contributed by atoms with Crippen molar-refractivity contribution in [3.8, 4) is 0 Å². The number of hydrogen-bond acceptors (Lipinski definition) is 8. The molecule has 4 atom stereocenters. The second-order valence-electron chi connectivity index (χ2n) is 16.4. The van der Waals surface area contributed by atoms with Gasteiger partial charge in [0.15, 0.2) is 0 Å². The van der Waals surface area contributed by atoms with Crippen LogP contribution in [0.5, 0.6) is 0 Å². The van der Waals surface area contributed by atoms with Gasteiger partial charge in [0.1, 0.15) is 0 Å². The predicted molar refractivity (Wildman–Crippen MR) is 238 cm³/mol. The fourth-order valence-electron chi connectivity index (χ4n) is 7.26. The van der Waals surface area contributed by atoms with Crippen LogP contribution in [-0.4, -0.2) is 95.4 Å². The first-order chi connectivity index (χ1) is 28.2. The van der Waals surface area contributed by atoms with Gasteiger partial charge in [-0.05, 0) is 88.2 Å². The molecule has 0 spiro atoms. The van der Waals surface area contributed by atoms with Crippen molar-refractivity contribution in [3.05, 3.63) is 71.8 Å². The Morgan fingerprint density at radius 2 is 0.746 bits per heavy atom. The van der Waals surface area contributed by atoms with Crippen molar-refractivity contribution in [2.24, 2.45) is 0 Å². The standard InChI is InChI=1S/2C25H42O4.Ba/c2*1-2-3-8-18-24(29-21-22-14-9-7-10-15-22)19-12-6-4-5-11-16-23(26)17-13-20-25(27)28;/h2*7,9-10,14-15,23-24,26H,2-6,8,11-13,16-21H2,1H3,(H,27,28);/q;;+2/p-2. The summed E-state index contributed by atoms with van der Waals surface area (Å²) < 4.78 is 12.4. The van der Waals surface area contributed by atoms with Crippen LogP contribution in [0.1, 0.15) is 205 Å². The first-order valence-corrected chi connectivity index (χ1v) is 23.3. The SMILES string of the molecule is CCCCCC(CCCCCCCC(O)CCCC(=O)[O-])OCc1ccccc1.CCCCCC(CCCCCCCC(O)CCCC(=O)[O-])OCc1ccccc1.[Ba+2]. The molecule has 9 heteroatoms. The molecule has 0 fully saturated rings. The van der Waals surface area contributed by atoms with Gasteiger partial charge in [-0.25, -0.2) is 0 Å². The molecule has 0 bridgehead atoms. The van der Waals surface area contributed by atoms with Crippen molar-refractivity contribution < 1.29 is 39.5 Å². The van der Waals surface area contributed by atoms with E-state index in [4.69, 9.17) is 9.47 Å². The molecule has 0 aliphatic rings. The van der Waals surface area contributed by atoms with E-state index >= 15 is 0 Å². The quantitative estimate of drug-likeness (QED) is 0.0501. The Bertz CT molecular complexity index is 1110. The molecular weight excluding hydrogens is 866 g/mol. The molecule has 332 valence electrons. The fourth-order valence-corrected chi connectivity index (χ4v) is 7.26. The van der Waals surface area contributed by atoms with Gasteiger partial charge in [-0.15, -0.1) is 0 Å². The number of carbonyl (C=O) groups excluding carboxylic acids is 2. The predicted octanol–water partition coefficient (Wildman–Crippen LogP) is 9.95. The summed E-state index contributed by atoms with van der Waals surface area (Å²) >= 11 is 0. The number of carbonyl (C=O) groups is 2. The third kappa shape index (κ3) is 38.2. The Kier molecular flexibility index (Phi) is 41.2. The van der Waals surface area contributed by atoms with E-state index < -0.39 is 11.9 Å². The van der Waals surface area contributed by atoms with Crippen LogP contribution < -0.4 is 10.2 Å². The van der Waals surface area contributed by atoms with Crippen LogP contribution >= 0.6 is 0 Å². The number of aliphatic hydroxyl groups excluding tert-OH is 2. The summed E-state index contributed by atoms with van der Waals surface area (Å²) in [5.41, 5.74) is 2.48. The summed E-state index contributed by atoms with van der Waals surface area (Å²) in [4.78, 5) is 20.7. The van der Waals surface area contributed by atoms with Crippen LogP contribution in [0.3, 0.4) is 0 Å². The Labute approximate surface area is 400 Å². The van der Waals surface area contributed by atoms with Crippen molar-refractivity contribution in [2.45, 2.75) is 231 Å². The van der Waals surface area contributed by atoms with Gasteiger partial charge in [0, 0.05) is 11.9 Å². The van der Waals surface area contributed by atoms with Crippen LogP contribution in [0.25, 0.3) is 0 Å². The normalized spacial score (nSPS) is 13.1.